The van der Waals surface area contributed by atoms with Crippen molar-refractivity contribution < 1.29 is 9.90 Å². The Kier molecular flexibility index (Phi) is 8.33. The second kappa shape index (κ2) is 8.68. The number of unbranched alkanes of at least 4 members (excludes halogenated alkanes) is 1. The molecule has 0 radical (unpaired) electrons. The first kappa shape index (κ1) is 14.4. The highest BCUT2D eigenvalue weighted by molar-refractivity contribution is 5.76. The van der Waals surface area contributed by atoms with Crippen LogP contribution in [0.1, 0.15) is 39.5 Å². The van der Waals surface area contributed by atoms with Gasteiger partial charge in [-0.25, -0.2) is 0 Å². The van der Waals surface area contributed by atoms with Crippen LogP contribution in [-0.4, -0.2) is 30.2 Å². The van der Waals surface area contributed by atoms with Crippen LogP contribution in [0.5, 0.6) is 0 Å². The quantitative estimate of drug-likeness (QED) is 0.521. The van der Waals surface area contributed by atoms with Crippen LogP contribution < -0.4 is 11.1 Å². The van der Waals surface area contributed by atoms with Gasteiger partial charge in [0.05, 0.1) is 0 Å². The zero-order valence-electron chi connectivity index (χ0n) is 9.83. The summed E-state index contributed by atoms with van der Waals surface area (Å²) in [7, 11) is 0. The van der Waals surface area contributed by atoms with Crippen molar-refractivity contribution >= 4 is 5.91 Å². The van der Waals surface area contributed by atoms with Gasteiger partial charge in [0.25, 0.3) is 0 Å². The number of hydrogen-bond donors (Lipinski definition) is 3. The van der Waals surface area contributed by atoms with Gasteiger partial charge in [-0.15, -0.1) is 0 Å². The molecule has 0 fully saturated rings. The van der Waals surface area contributed by atoms with Crippen LogP contribution in [-0.2, 0) is 4.79 Å². The van der Waals surface area contributed by atoms with Crippen LogP contribution in [0.3, 0.4) is 0 Å². The Balaban J connectivity index is 3.78. The summed E-state index contributed by atoms with van der Waals surface area (Å²) in [6.07, 6.45) is 2.89. The van der Waals surface area contributed by atoms with Gasteiger partial charge in [-0.1, -0.05) is 13.8 Å². The molecule has 4 N–H and O–H groups in total. The summed E-state index contributed by atoms with van der Waals surface area (Å²) in [5.74, 6) is 0.422. The van der Waals surface area contributed by atoms with Gasteiger partial charge >= 0.3 is 0 Å². The average molecular weight is 216 g/mol. The molecule has 0 bridgehead atoms. The smallest absolute Gasteiger partial charge is 0.220 e. The van der Waals surface area contributed by atoms with Crippen molar-refractivity contribution in [3.05, 3.63) is 0 Å². The van der Waals surface area contributed by atoms with Crippen LogP contribution in [0.4, 0.5) is 0 Å². The molecule has 0 aromatic rings. The molecule has 1 amide bonds. The topological polar surface area (TPSA) is 75.3 Å². The zero-order chi connectivity index (χ0) is 11.7. The second-order valence-electron chi connectivity index (χ2n) is 4.18. The highest BCUT2D eigenvalue weighted by Gasteiger charge is 2.14. The fourth-order valence-corrected chi connectivity index (χ4v) is 1.42. The molecular formula is C11H24N2O2. The summed E-state index contributed by atoms with van der Waals surface area (Å²) < 4.78 is 0. The third-order valence-corrected chi connectivity index (χ3v) is 2.45. The van der Waals surface area contributed by atoms with E-state index < -0.39 is 0 Å². The van der Waals surface area contributed by atoms with Crippen molar-refractivity contribution in [1.29, 1.82) is 0 Å². The maximum Gasteiger partial charge on any atom is 0.220 e. The molecule has 0 heterocycles. The van der Waals surface area contributed by atoms with E-state index in [1.165, 1.54) is 0 Å². The molecule has 15 heavy (non-hydrogen) atoms. The highest BCUT2D eigenvalue weighted by Crippen LogP contribution is 2.06. The summed E-state index contributed by atoms with van der Waals surface area (Å²) in [4.78, 5) is 11.5. The first-order valence-electron chi connectivity index (χ1n) is 5.72. The van der Waals surface area contributed by atoms with E-state index in [1.807, 2.05) is 13.8 Å². The van der Waals surface area contributed by atoms with Crippen LogP contribution >= 0.6 is 0 Å². The Morgan fingerprint density at radius 2 is 2.07 bits per heavy atom. The summed E-state index contributed by atoms with van der Waals surface area (Å²) in [5.41, 5.74) is 5.35. The molecule has 0 aliphatic rings. The molecule has 0 rings (SSSR count). The van der Waals surface area contributed by atoms with Crippen molar-refractivity contribution in [1.82, 2.24) is 5.32 Å². The van der Waals surface area contributed by atoms with Crippen molar-refractivity contribution in [3.63, 3.8) is 0 Å². The number of hydrogen-bond acceptors (Lipinski definition) is 3. The SMILES string of the molecule is CC(C)C(CCO)NC(=O)CCCCN. The molecule has 0 aromatic heterocycles. The molecule has 4 nitrogen and oxygen atoms in total. The molecular weight excluding hydrogens is 192 g/mol. The van der Waals surface area contributed by atoms with Crippen LogP contribution in [0.15, 0.2) is 0 Å². The van der Waals surface area contributed by atoms with Gasteiger partial charge in [-0.05, 0) is 31.7 Å². The van der Waals surface area contributed by atoms with Gasteiger partial charge in [0.15, 0.2) is 0 Å². The monoisotopic (exact) mass is 216 g/mol. The first-order chi connectivity index (χ1) is 7.11. The first-order valence-corrected chi connectivity index (χ1v) is 5.72. The van der Waals surface area contributed by atoms with E-state index >= 15 is 0 Å². The van der Waals surface area contributed by atoms with Crippen molar-refractivity contribution in [2.45, 2.75) is 45.6 Å². The summed E-state index contributed by atoms with van der Waals surface area (Å²) in [6, 6.07) is 0.0837. The highest BCUT2D eigenvalue weighted by atomic mass is 16.3. The molecule has 90 valence electrons. The van der Waals surface area contributed by atoms with E-state index in [1.54, 1.807) is 0 Å². The van der Waals surface area contributed by atoms with Gasteiger partial charge in [-0.3, -0.25) is 4.79 Å². The number of carbonyl (C=O) groups is 1. The fourth-order valence-electron chi connectivity index (χ4n) is 1.42. The molecule has 0 aliphatic heterocycles. The zero-order valence-corrected chi connectivity index (χ0v) is 9.83. The molecule has 0 saturated heterocycles. The lowest BCUT2D eigenvalue weighted by atomic mass is 10.0. The number of aliphatic hydroxyl groups excluding tert-OH is 1. The van der Waals surface area contributed by atoms with Crippen molar-refractivity contribution in [3.8, 4) is 0 Å². The van der Waals surface area contributed by atoms with Crippen molar-refractivity contribution in [2.75, 3.05) is 13.2 Å². The van der Waals surface area contributed by atoms with E-state index in [9.17, 15) is 4.79 Å². The molecule has 0 spiro atoms. The Labute approximate surface area is 92.2 Å². The molecule has 0 aliphatic carbocycles. The van der Waals surface area contributed by atoms with E-state index in [4.69, 9.17) is 10.8 Å². The van der Waals surface area contributed by atoms with Crippen molar-refractivity contribution in [2.24, 2.45) is 11.7 Å². The fraction of sp³-hybridized carbons (Fsp3) is 0.909. The number of nitrogens with one attached hydrogen (secondary N) is 1. The van der Waals surface area contributed by atoms with Gasteiger partial charge in [0.1, 0.15) is 0 Å². The normalized spacial score (nSPS) is 12.9. The van der Waals surface area contributed by atoms with Gasteiger partial charge in [0.2, 0.25) is 5.91 Å². The molecule has 4 heteroatoms. The standard InChI is InChI=1S/C11H24N2O2/c1-9(2)10(6-8-14)13-11(15)5-3-4-7-12/h9-10,14H,3-8,12H2,1-2H3,(H,13,15). The van der Waals surface area contributed by atoms with Crippen LogP contribution in [0.2, 0.25) is 0 Å². The summed E-state index contributed by atoms with van der Waals surface area (Å²) >= 11 is 0. The van der Waals surface area contributed by atoms with Gasteiger partial charge in [0, 0.05) is 19.1 Å². The number of nitrogens with two attached hydrogens (primary N) is 1. The predicted octanol–water partition coefficient (Wildman–Crippen LogP) is 0.639. The Bertz CT molecular complexity index is 172. The predicted molar refractivity (Wildman–Crippen MR) is 61.4 cm³/mol. The molecule has 0 saturated carbocycles. The Hall–Kier alpha value is -0.610. The lowest BCUT2D eigenvalue weighted by molar-refractivity contribution is -0.122. The van der Waals surface area contributed by atoms with Gasteiger partial charge < -0.3 is 16.2 Å². The second-order valence-corrected chi connectivity index (χ2v) is 4.18. The number of aliphatic hydroxyl groups is 1. The number of amides is 1. The minimum atomic E-state index is 0.0654. The third-order valence-electron chi connectivity index (χ3n) is 2.45. The minimum Gasteiger partial charge on any atom is -0.396 e. The molecule has 1 atom stereocenters. The molecule has 1 unspecified atom stereocenters. The largest absolute Gasteiger partial charge is 0.396 e. The van der Waals surface area contributed by atoms with E-state index in [0.29, 0.717) is 25.3 Å². The molecule has 0 aromatic carbocycles. The number of carbonyl (C=O) groups excluding carboxylic acids is 1. The Morgan fingerprint density at radius 1 is 1.40 bits per heavy atom. The van der Waals surface area contributed by atoms with Crippen LogP contribution in [0, 0.1) is 5.92 Å². The average Bonchev–Trinajstić information content (AvgIpc) is 2.17. The van der Waals surface area contributed by atoms with E-state index in [0.717, 1.165) is 12.8 Å². The van der Waals surface area contributed by atoms with Crippen LogP contribution in [0.25, 0.3) is 0 Å². The number of rotatable bonds is 8. The lowest BCUT2D eigenvalue weighted by Crippen LogP contribution is -2.39. The lowest BCUT2D eigenvalue weighted by Gasteiger charge is -2.21. The van der Waals surface area contributed by atoms with E-state index in [-0.39, 0.29) is 18.6 Å². The Morgan fingerprint density at radius 3 is 2.53 bits per heavy atom. The third kappa shape index (κ3) is 7.33. The summed E-state index contributed by atoms with van der Waals surface area (Å²) in [5, 5.41) is 11.8. The maximum absolute atomic E-state index is 11.5. The maximum atomic E-state index is 11.5. The minimum absolute atomic E-state index is 0.0654. The van der Waals surface area contributed by atoms with E-state index in [2.05, 4.69) is 5.32 Å². The van der Waals surface area contributed by atoms with Gasteiger partial charge in [-0.2, -0.15) is 0 Å². The summed E-state index contributed by atoms with van der Waals surface area (Å²) in [6.45, 7) is 4.84.